The molecule has 1 aliphatic carbocycles. The lowest BCUT2D eigenvalue weighted by Crippen LogP contribution is -2.43. The van der Waals surface area contributed by atoms with Gasteiger partial charge in [-0.1, -0.05) is 13.3 Å². The average molecular weight is 272 g/mol. The first-order valence-electron chi connectivity index (χ1n) is 7.07. The lowest BCUT2D eigenvalue weighted by Gasteiger charge is -2.41. The number of nitrogens with zero attached hydrogens (tertiary/aromatic N) is 1. The van der Waals surface area contributed by atoms with Crippen molar-refractivity contribution in [3.05, 3.63) is 29.8 Å². The third kappa shape index (κ3) is 3.51. The van der Waals surface area contributed by atoms with Crippen LogP contribution in [0.2, 0.25) is 0 Å². The number of rotatable bonds is 6. The molecule has 1 saturated carbocycles. The number of nitriles is 1. The van der Waals surface area contributed by atoms with Crippen LogP contribution in [0.5, 0.6) is 5.75 Å². The van der Waals surface area contributed by atoms with Gasteiger partial charge in [0.15, 0.2) is 6.61 Å². The molecule has 1 aliphatic rings. The molecule has 0 unspecified atom stereocenters. The number of carbonyl (C=O) groups is 1. The quantitative estimate of drug-likeness (QED) is 0.866. The van der Waals surface area contributed by atoms with E-state index in [1.165, 1.54) is 19.3 Å². The van der Waals surface area contributed by atoms with Gasteiger partial charge in [0.2, 0.25) is 0 Å². The summed E-state index contributed by atoms with van der Waals surface area (Å²) in [6.45, 7) is 2.95. The molecule has 0 aromatic heterocycles. The molecule has 1 amide bonds. The van der Waals surface area contributed by atoms with Gasteiger partial charge >= 0.3 is 0 Å². The normalized spacial score (nSPS) is 15.8. The van der Waals surface area contributed by atoms with Crippen molar-refractivity contribution in [2.75, 3.05) is 13.2 Å². The molecule has 0 atom stereocenters. The lowest BCUT2D eigenvalue weighted by atomic mass is 9.67. The Morgan fingerprint density at radius 3 is 2.60 bits per heavy atom. The van der Waals surface area contributed by atoms with E-state index in [1.54, 1.807) is 24.3 Å². The second-order valence-corrected chi connectivity index (χ2v) is 5.41. The van der Waals surface area contributed by atoms with Crippen molar-refractivity contribution in [2.45, 2.75) is 32.6 Å². The number of carbonyl (C=O) groups excluding carboxylic acids is 1. The van der Waals surface area contributed by atoms with Crippen LogP contribution in [0.1, 0.15) is 38.2 Å². The SMILES string of the molecule is CCC1(CNC(=O)COc2ccc(C#N)cc2)CCC1. The van der Waals surface area contributed by atoms with E-state index < -0.39 is 0 Å². The summed E-state index contributed by atoms with van der Waals surface area (Å²) in [7, 11) is 0. The summed E-state index contributed by atoms with van der Waals surface area (Å²) >= 11 is 0. The highest BCUT2D eigenvalue weighted by atomic mass is 16.5. The fourth-order valence-corrected chi connectivity index (χ4v) is 2.44. The van der Waals surface area contributed by atoms with Crippen LogP contribution in [-0.2, 0) is 4.79 Å². The van der Waals surface area contributed by atoms with Crippen LogP contribution in [0.25, 0.3) is 0 Å². The molecule has 1 aromatic carbocycles. The Balaban J connectivity index is 1.73. The first-order chi connectivity index (χ1) is 9.67. The Bertz CT molecular complexity index is 493. The van der Waals surface area contributed by atoms with E-state index in [0.717, 1.165) is 13.0 Å². The van der Waals surface area contributed by atoms with E-state index >= 15 is 0 Å². The molecular formula is C16H20N2O2. The van der Waals surface area contributed by atoms with Gasteiger partial charge in [-0.15, -0.1) is 0 Å². The Morgan fingerprint density at radius 1 is 1.40 bits per heavy atom. The van der Waals surface area contributed by atoms with E-state index in [1.807, 2.05) is 6.07 Å². The van der Waals surface area contributed by atoms with Gasteiger partial charge in [-0.05, 0) is 48.9 Å². The van der Waals surface area contributed by atoms with Crippen molar-refractivity contribution in [3.63, 3.8) is 0 Å². The molecule has 0 spiro atoms. The monoisotopic (exact) mass is 272 g/mol. The molecule has 20 heavy (non-hydrogen) atoms. The number of hydrogen-bond donors (Lipinski definition) is 1. The standard InChI is InChI=1S/C16H20N2O2/c1-2-16(8-3-9-16)12-18-15(19)11-20-14-6-4-13(10-17)5-7-14/h4-7H,2-3,8-9,11-12H2,1H3,(H,18,19). The van der Waals surface area contributed by atoms with Gasteiger partial charge in [0.25, 0.3) is 5.91 Å². The van der Waals surface area contributed by atoms with Crippen molar-refractivity contribution >= 4 is 5.91 Å². The molecule has 0 heterocycles. The first kappa shape index (κ1) is 14.4. The molecule has 4 heteroatoms. The maximum Gasteiger partial charge on any atom is 0.257 e. The van der Waals surface area contributed by atoms with E-state index in [9.17, 15) is 4.79 Å². The molecule has 1 N–H and O–H groups in total. The maximum atomic E-state index is 11.8. The van der Waals surface area contributed by atoms with E-state index in [-0.39, 0.29) is 12.5 Å². The van der Waals surface area contributed by atoms with Crippen LogP contribution >= 0.6 is 0 Å². The minimum Gasteiger partial charge on any atom is -0.484 e. The van der Waals surface area contributed by atoms with E-state index in [2.05, 4.69) is 12.2 Å². The third-order valence-corrected chi connectivity index (χ3v) is 4.18. The van der Waals surface area contributed by atoms with Gasteiger partial charge in [-0.25, -0.2) is 0 Å². The summed E-state index contributed by atoms with van der Waals surface area (Å²) in [6, 6.07) is 8.79. The van der Waals surface area contributed by atoms with E-state index in [4.69, 9.17) is 10.00 Å². The summed E-state index contributed by atoms with van der Waals surface area (Å²) in [5.74, 6) is 0.516. The highest BCUT2D eigenvalue weighted by Gasteiger charge is 2.35. The highest BCUT2D eigenvalue weighted by molar-refractivity contribution is 5.77. The molecule has 0 aliphatic heterocycles. The van der Waals surface area contributed by atoms with Gasteiger partial charge in [0.1, 0.15) is 5.75 Å². The van der Waals surface area contributed by atoms with Crippen molar-refractivity contribution in [3.8, 4) is 11.8 Å². The largest absolute Gasteiger partial charge is 0.484 e. The molecule has 2 rings (SSSR count). The molecule has 106 valence electrons. The summed E-state index contributed by atoms with van der Waals surface area (Å²) in [5.41, 5.74) is 0.904. The second kappa shape index (κ2) is 6.42. The van der Waals surface area contributed by atoms with E-state index in [0.29, 0.717) is 16.7 Å². The fourth-order valence-electron chi connectivity index (χ4n) is 2.44. The molecule has 4 nitrogen and oxygen atoms in total. The second-order valence-electron chi connectivity index (χ2n) is 5.41. The minimum absolute atomic E-state index is 0.0195. The summed E-state index contributed by atoms with van der Waals surface area (Å²) in [6.07, 6.45) is 4.80. The van der Waals surface area contributed by atoms with Crippen molar-refractivity contribution < 1.29 is 9.53 Å². The minimum atomic E-state index is -0.0888. The maximum absolute atomic E-state index is 11.8. The summed E-state index contributed by atoms with van der Waals surface area (Å²) in [5, 5.41) is 11.6. The highest BCUT2D eigenvalue weighted by Crippen LogP contribution is 2.42. The van der Waals surface area contributed by atoms with Crippen molar-refractivity contribution in [1.82, 2.24) is 5.32 Å². The zero-order valence-electron chi connectivity index (χ0n) is 11.8. The summed E-state index contributed by atoms with van der Waals surface area (Å²) in [4.78, 5) is 11.8. The topological polar surface area (TPSA) is 62.1 Å². The Kier molecular flexibility index (Phi) is 4.62. The van der Waals surface area contributed by atoms with Crippen LogP contribution in [0.15, 0.2) is 24.3 Å². The van der Waals surface area contributed by atoms with Crippen LogP contribution in [0, 0.1) is 16.7 Å². The fraction of sp³-hybridized carbons (Fsp3) is 0.500. The predicted molar refractivity (Wildman–Crippen MR) is 76.2 cm³/mol. The Labute approximate surface area is 119 Å². The van der Waals surface area contributed by atoms with Gasteiger partial charge in [0.05, 0.1) is 11.6 Å². The van der Waals surface area contributed by atoms with Gasteiger partial charge in [-0.2, -0.15) is 5.26 Å². The molecule has 1 fully saturated rings. The van der Waals surface area contributed by atoms with Crippen molar-refractivity contribution in [1.29, 1.82) is 5.26 Å². The van der Waals surface area contributed by atoms with Crippen LogP contribution in [0.3, 0.4) is 0 Å². The van der Waals surface area contributed by atoms with Crippen LogP contribution in [0.4, 0.5) is 0 Å². The Morgan fingerprint density at radius 2 is 2.10 bits per heavy atom. The lowest BCUT2D eigenvalue weighted by molar-refractivity contribution is -0.124. The predicted octanol–water partition coefficient (Wildman–Crippen LogP) is 2.63. The third-order valence-electron chi connectivity index (χ3n) is 4.18. The number of ether oxygens (including phenoxy) is 1. The van der Waals surface area contributed by atoms with Crippen molar-refractivity contribution in [2.24, 2.45) is 5.41 Å². The van der Waals surface area contributed by atoms with Crippen LogP contribution in [-0.4, -0.2) is 19.1 Å². The van der Waals surface area contributed by atoms with Crippen LogP contribution < -0.4 is 10.1 Å². The van der Waals surface area contributed by atoms with Gasteiger partial charge < -0.3 is 10.1 Å². The smallest absolute Gasteiger partial charge is 0.257 e. The average Bonchev–Trinajstić information content (AvgIpc) is 2.45. The van der Waals surface area contributed by atoms with Gasteiger partial charge in [-0.3, -0.25) is 4.79 Å². The molecular weight excluding hydrogens is 252 g/mol. The zero-order chi connectivity index (χ0) is 14.4. The molecule has 0 radical (unpaired) electrons. The first-order valence-corrected chi connectivity index (χ1v) is 7.07. The molecule has 0 saturated heterocycles. The number of nitrogens with one attached hydrogen (secondary N) is 1. The number of amides is 1. The number of benzene rings is 1. The number of hydrogen-bond acceptors (Lipinski definition) is 3. The Hall–Kier alpha value is -2.02. The zero-order valence-corrected chi connectivity index (χ0v) is 11.8. The van der Waals surface area contributed by atoms with Gasteiger partial charge in [0, 0.05) is 6.54 Å². The summed E-state index contributed by atoms with van der Waals surface area (Å²) < 4.78 is 5.40. The molecule has 1 aromatic rings. The molecule has 0 bridgehead atoms.